The fourth-order valence-electron chi connectivity index (χ4n) is 2.90. The van der Waals surface area contributed by atoms with Gasteiger partial charge in [-0.2, -0.15) is 13.2 Å². The number of benzene rings is 2. The van der Waals surface area contributed by atoms with Crippen molar-refractivity contribution in [1.29, 1.82) is 0 Å². The van der Waals surface area contributed by atoms with Gasteiger partial charge in [0.05, 0.1) is 0 Å². The normalized spacial score (nSPS) is 14.5. The number of rotatable bonds is 7. The monoisotopic (exact) mass is 397 g/mol. The summed E-state index contributed by atoms with van der Waals surface area (Å²) in [7, 11) is 0. The Hall–Kier alpha value is -2.41. The molecule has 0 radical (unpaired) electrons. The third-order valence-electron chi connectivity index (χ3n) is 4.31. The summed E-state index contributed by atoms with van der Waals surface area (Å²) >= 11 is 0. The van der Waals surface area contributed by atoms with Gasteiger partial charge in [-0.05, 0) is 37.5 Å². The number of aliphatic carboxylic acids is 1. The van der Waals surface area contributed by atoms with E-state index in [1.54, 1.807) is 12.1 Å². The molecule has 0 aliphatic rings. The van der Waals surface area contributed by atoms with Crippen LogP contribution in [0, 0.1) is 6.92 Å². The number of carbonyl (C=O) groups is 1. The first-order chi connectivity index (χ1) is 12.9. The van der Waals surface area contributed by atoms with Gasteiger partial charge in [0.25, 0.3) is 0 Å². The summed E-state index contributed by atoms with van der Waals surface area (Å²) in [5.41, 5.74) is 0.603. The van der Waals surface area contributed by atoms with Crippen LogP contribution in [0.2, 0.25) is 0 Å². The number of nitrogens with one attached hydrogen (secondary N) is 1. The maximum Gasteiger partial charge on any atom is 0.407 e. The fraction of sp³-hybridized carbons (Fsp3) is 0.381. The SMILES string of the molecule is Cc1ccc(-c2ccc([C@H](N[C@@H](CC(C)(C)F)C(=O)O)C(F)(F)F)cc2)cc1. The third kappa shape index (κ3) is 6.05. The number of hydrogen-bond donors (Lipinski definition) is 2. The van der Waals surface area contributed by atoms with Crippen LogP contribution in [0.5, 0.6) is 0 Å². The molecule has 0 aliphatic carbocycles. The van der Waals surface area contributed by atoms with Gasteiger partial charge in [-0.1, -0.05) is 54.1 Å². The van der Waals surface area contributed by atoms with Crippen molar-refractivity contribution in [2.24, 2.45) is 0 Å². The lowest BCUT2D eigenvalue weighted by molar-refractivity contribution is -0.164. The molecule has 0 unspecified atom stereocenters. The zero-order valence-electron chi connectivity index (χ0n) is 15.8. The number of hydrogen-bond acceptors (Lipinski definition) is 2. The Labute approximate surface area is 161 Å². The highest BCUT2D eigenvalue weighted by Gasteiger charge is 2.43. The molecule has 2 aromatic carbocycles. The smallest absolute Gasteiger partial charge is 0.407 e. The van der Waals surface area contributed by atoms with Crippen molar-refractivity contribution in [1.82, 2.24) is 5.32 Å². The van der Waals surface area contributed by atoms with E-state index in [1.165, 1.54) is 12.1 Å². The summed E-state index contributed by atoms with van der Waals surface area (Å²) in [5, 5.41) is 11.3. The van der Waals surface area contributed by atoms with Gasteiger partial charge in [-0.3, -0.25) is 10.1 Å². The highest BCUT2D eigenvalue weighted by molar-refractivity contribution is 5.73. The minimum atomic E-state index is -4.74. The van der Waals surface area contributed by atoms with E-state index >= 15 is 0 Å². The van der Waals surface area contributed by atoms with E-state index < -0.39 is 36.3 Å². The van der Waals surface area contributed by atoms with Crippen LogP contribution in [0.3, 0.4) is 0 Å². The van der Waals surface area contributed by atoms with E-state index in [0.717, 1.165) is 30.5 Å². The molecule has 7 heteroatoms. The summed E-state index contributed by atoms with van der Waals surface area (Å²) in [6.07, 6.45) is -5.32. The second-order valence-corrected chi connectivity index (χ2v) is 7.44. The van der Waals surface area contributed by atoms with Gasteiger partial charge >= 0.3 is 12.1 Å². The van der Waals surface area contributed by atoms with E-state index in [0.29, 0.717) is 0 Å². The average molecular weight is 397 g/mol. The molecule has 0 heterocycles. The van der Waals surface area contributed by atoms with E-state index in [-0.39, 0.29) is 5.56 Å². The quantitative estimate of drug-likeness (QED) is 0.611. The van der Waals surface area contributed by atoms with Crippen molar-refractivity contribution in [2.75, 3.05) is 0 Å². The van der Waals surface area contributed by atoms with Gasteiger partial charge < -0.3 is 5.11 Å². The van der Waals surface area contributed by atoms with Crippen LogP contribution in [0.4, 0.5) is 17.6 Å². The van der Waals surface area contributed by atoms with Crippen LogP contribution < -0.4 is 5.32 Å². The molecule has 2 atom stereocenters. The van der Waals surface area contributed by atoms with Crippen molar-refractivity contribution in [3.63, 3.8) is 0 Å². The lowest BCUT2D eigenvalue weighted by Gasteiger charge is -2.28. The van der Waals surface area contributed by atoms with E-state index in [2.05, 4.69) is 5.32 Å². The topological polar surface area (TPSA) is 49.3 Å². The second-order valence-electron chi connectivity index (χ2n) is 7.44. The Morgan fingerprint density at radius 3 is 1.82 bits per heavy atom. The minimum absolute atomic E-state index is 0.133. The Morgan fingerprint density at radius 2 is 1.43 bits per heavy atom. The standard InChI is InChI=1S/C21H23F4NO2/c1-13-4-6-14(7-5-13)15-8-10-16(11-9-15)18(21(23,24)25)26-17(19(27)28)12-20(2,3)22/h4-11,17-18,26H,12H2,1-3H3,(H,27,28)/t17-,18-/m0/s1. The highest BCUT2D eigenvalue weighted by Crippen LogP contribution is 2.35. The molecule has 152 valence electrons. The van der Waals surface area contributed by atoms with Crippen LogP contribution in [0.1, 0.15) is 37.4 Å². The summed E-state index contributed by atoms with van der Waals surface area (Å²) < 4.78 is 54.6. The third-order valence-corrected chi connectivity index (χ3v) is 4.31. The summed E-state index contributed by atoms with van der Waals surface area (Å²) in [4.78, 5) is 11.3. The average Bonchev–Trinajstić information content (AvgIpc) is 2.57. The molecule has 2 rings (SSSR count). The zero-order valence-corrected chi connectivity index (χ0v) is 15.8. The highest BCUT2D eigenvalue weighted by atomic mass is 19.4. The molecule has 2 N–H and O–H groups in total. The first-order valence-corrected chi connectivity index (χ1v) is 8.78. The maximum absolute atomic E-state index is 13.8. The van der Waals surface area contributed by atoms with Crippen LogP contribution in [-0.2, 0) is 4.79 Å². The van der Waals surface area contributed by atoms with Crippen molar-refractivity contribution >= 4 is 5.97 Å². The molecule has 0 amide bonds. The second kappa shape index (κ2) is 8.31. The molecular weight excluding hydrogens is 374 g/mol. The first-order valence-electron chi connectivity index (χ1n) is 8.78. The van der Waals surface area contributed by atoms with Gasteiger partial charge in [0, 0.05) is 6.42 Å². The maximum atomic E-state index is 13.8. The summed E-state index contributed by atoms with van der Waals surface area (Å²) in [6, 6.07) is 9.36. The molecule has 3 nitrogen and oxygen atoms in total. The van der Waals surface area contributed by atoms with Crippen molar-refractivity contribution in [3.05, 3.63) is 59.7 Å². The minimum Gasteiger partial charge on any atom is -0.480 e. The molecular formula is C21H23F4NO2. The summed E-state index contributed by atoms with van der Waals surface area (Å²) in [6.45, 7) is 4.19. The molecule has 0 spiro atoms. The molecule has 0 aliphatic heterocycles. The zero-order chi connectivity index (χ0) is 21.1. The number of alkyl halides is 4. The first kappa shape index (κ1) is 21.9. The van der Waals surface area contributed by atoms with Crippen LogP contribution in [0.15, 0.2) is 48.5 Å². The van der Waals surface area contributed by atoms with Crippen molar-refractivity contribution < 1.29 is 27.5 Å². The number of aryl methyl sites for hydroxylation is 1. The largest absolute Gasteiger partial charge is 0.480 e. The predicted molar refractivity (Wildman–Crippen MR) is 99.8 cm³/mol. The Balaban J connectivity index is 2.30. The Kier molecular flexibility index (Phi) is 6.49. The molecule has 2 aromatic rings. The van der Waals surface area contributed by atoms with E-state index in [4.69, 9.17) is 0 Å². The molecule has 0 aromatic heterocycles. The predicted octanol–water partition coefficient (Wildman–Crippen LogP) is 5.45. The van der Waals surface area contributed by atoms with E-state index in [9.17, 15) is 27.5 Å². The Bertz CT molecular complexity index is 793. The number of halogens is 4. The van der Waals surface area contributed by atoms with Crippen molar-refractivity contribution in [2.45, 2.75) is 51.1 Å². The van der Waals surface area contributed by atoms with Crippen LogP contribution >= 0.6 is 0 Å². The molecule has 28 heavy (non-hydrogen) atoms. The van der Waals surface area contributed by atoms with Gasteiger partial charge in [0.2, 0.25) is 0 Å². The fourth-order valence-corrected chi connectivity index (χ4v) is 2.90. The lowest BCUT2D eigenvalue weighted by atomic mass is 9.97. The van der Waals surface area contributed by atoms with Crippen LogP contribution in [0.25, 0.3) is 11.1 Å². The van der Waals surface area contributed by atoms with Gasteiger partial charge in [-0.15, -0.1) is 0 Å². The molecule has 0 saturated heterocycles. The van der Waals surface area contributed by atoms with E-state index in [1.807, 2.05) is 31.2 Å². The lowest BCUT2D eigenvalue weighted by Crippen LogP contribution is -2.47. The molecule has 0 fully saturated rings. The molecule has 0 bridgehead atoms. The van der Waals surface area contributed by atoms with Crippen LogP contribution in [-0.4, -0.2) is 29.0 Å². The number of carboxylic acid groups (broad SMARTS) is 1. The van der Waals surface area contributed by atoms with Gasteiger partial charge in [0.15, 0.2) is 0 Å². The molecule has 0 saturated carbocycles. The van der Waals surface area contributed by atoms with Gasteiger partial charge in [0.1, 0.15) is 17.8 Å². The Morgan fingerprint density at radius 1 is 0.964 bits per heavy atom. The summed E-state index contributed by atoms with van der Waals surface area (Å²) in [5.74, 6) is -1.53. The number of carboxylic acids is 1. The van der Waals surface area contributed by atoms with Crippen molar-refractivity contribution in [3.8, 4) is 11.1 Å². The van der Waals surface area contributed by atoms with Gasteiger partial charge in [-0.25, -0.2) is 4.39 Å².